The number of rotatable bonds is 4. The summed E-state index contributed by atoms with van der Waals surface area (Å²) >= 11 is 0. The number of nitrogens with zero attached hydrogens (tertiary/aromatic N) is 5. The standard InChI is InChI=1S/C26H28F3N5O2/c1-32-9-11-33(12-10-32)16-3-4-18-22(13-16)30-15-31-24(18)17-7-8-34(14-21(17)28)26(35)19-5-6-20(27)25(36-2)23(19)29/h3-6,13,15,17,21H,7-12,14H2,1-2H3. The van der Waals surface area contributed by atoms with E-state index in [9.17, 15) is 13.6 Å². The highest BCUT2D eigenvalue weighted by atomic mass is 19.1. The van der Waals surface area contributed by atoms with Crippen LogP contribution in [0.1, 0.15) is 28.4 Å². The number of hydrogen-bond acceptors (Lipinski definition) is 6. The van der Waals surface area contributed by atoms with Crippen molar-refractivity contribution < 1.29 is 22.7 Å². The number of methoxy groups -OCH3 is 1. The van der Waals surface area contributed by atoms with Crippen LogP contribution < -0.4 is 9.64 Å². The Morgan fingerprint density at radius 3 is 2.56 bits per heavy atom. The summed E-state index contributed by atoms with van der Waals surface area (Å²) in [5.41, 5.74) is 2.10. The second-order valence-electron chi connectivity index (χ2n) is 9.36. The molecular formula is C26H28F3N5O2. The third kappa shape index (κ3) is 4.45. The third-order valence-electron chi connectivity index (χ3n) is 7.18. The number of anilines is 1. The van der Waals surface area contributed by atoms with Gasteiger partial charge in [-0.25, -0.2) is 23.1 Å². The molecule has 0 spiro atoms. The average molecular weight is 500 g/mol. The molecular weight excluding hydrogens is 471 g/mol. The zero-order chi connectivity index (χ0) is 25.4. The van der Waals surface area contributed by atoms with Crippen molar-refractivity contribution in [2.24, 2.45) is 0 Å². The number of likely N-dealkylation sites (tertiary alicyclic amines) is 1. The predicted molar refractivity (Wildman–Crippen MR) is 130 cm³/mol. The maximum absolute atomic E-state index is 15.5. The molecule has 0 bridgehead atoms. The fourth-order valence-electron chi connectivity index (χ4n) is 5.08. The molecule has 0 aliphatic carbocycles. The number of benzene rings is 2. The molecule has 2 fully saturated rings. The van der Waals surface area contributed by atoms with Gasteiger partial charge in [-0.15, -0.1) is 0 Å². The summed E-state index contributed by atoms with van der Waals surface area (Å²) in [5.74, 6) is -3.84. The van der Waals surface area contributed by atoms with Crippen molar-refractivity contribution in [1.29, 1.82) is 0 Å². The van der Waals surface area contributed by atoms with Gasteiger partial charge < -0.3 is 19.4 Å². The maximum Gasteiger partial charge on any atom is 0.257 e. The molecule has 10 heteroatoms. The Morgan fingerprint density at radius 2 is 1.83 bits per heavy atom. The number of ether oxygens (including phenoxy) is 1. The van der Waals surface area contributed by atoms with E-state index in [4.69, 9.17) is 4.74 Å². The normalized spacial score (nSPS) is 21.1. The molecule has 2 aliphatic rings. The summed E-state index contributed by atoms with van der Waals surface area (Å²) in [6, 6.07) is 8.02. The first-order valence-electron chi connectivity index (χ1n) is 12.0. The van der Waals surface area contributed by atoms with Crippen molar-refractivity contribution in [2.45, 2.75) is 18.5 Å². The number of carbonyl (C=O) groups is 1. The van der Waals surface area contributed by atoms with Crippen LogP contribution in [-0.4, -0.2) is 85.3 Å². The molecule has 1 amide bonds. The van der Waals surface area contributed by atoms with Gasteiger partial charge in [0.15, 0.2) is 17.4 Å². The fraction of sp³-hybridized carbons (Fsp3) is 0.423. The van der Waals surface area contributed by atoms with Crippen LogP contribution in [0.15, 0.2) is 36.7 Å². The predicted octanol–water partition coefficient (Wildman–Crippen LogP) is 3.64. The first kappa shape index (κ1) is 24.3. The topological polar surface area (TPSA) is 61.8 Å². The largest absolute Gasteiger partial charge is 0.491 e. The molecule has 36 heavy (non-hydrogen) atoms. The van der Waals surface area contributed by atoms with E-state index in [0.29, 0.717) is 12.1 Å². The van der Waals surface area contributed by atoms with Crippen LogP contribution in [0.2, 0.25) is 0 Å². The van der Waals surface area contributed by atoms with Gasteiger partial charge in [-0.05, 0) is 43.8 Å². The highest BCUT2D eigenvalue weighted by Crippen LogP contribution is 2.35. The third-order valence-corrected chi connectivity index (χ3v) is 7.18. The molecule has 2 unspecified atom stereocenters. The van der Waals surface area contributed by atoms with E-state index in [1.54, 1.807) is 0 Å². The van der Waals surface area contributed by atoms with Gasteiger partial charge in [0, 0.05) is 49.7 Å². The number of hydrogen-bond donors (Lipinski definition) is 0. The van der Waals surface area contributed by atoms with Crippen LogP contribution in [0, 0.1) is 11.6 Å². The smallest absolute Gasteiger partial charge is 0.257 e. The summed E-state index contributed by atoms with van der Waals surface area (Å²) in [6.45, 7) is 3.84. The van der Waals surface area contributed by atoms with Crippen LogP contribution in [-0.2, 0) is 0 Å². The molecule has 2 atom stereocenters. The molecule has 3 heterocycles. The first-order chi connectivity index (χ1) is 17.4. The highest BCUT2D eigenvalue weighted by Gasteiger charge is 2.36. The van der Waals surface area contributed by atoms with Crippen LogP contribution in [0.25, 0.3) is 10.9 Å². The quantitative estimate of drug-likeness (QED) is 0.547. The van der Waals surface area contributed by atoms with Gasteiger partial charge in [-0.2, -0.15) is 0 Å². The molecule has 2 aliphatic heterocycles. The Balaban J connectivity index is 1.35. The van der Waals surface area contributed by atoms with Crippen LogP contribution in [0.3, 0.4) is 0 Å². The number of piperazine rings is 1. The zero-order valence-electron chi connectivity index (χ0n) is 20.3. The molecule has 7 nitrogen and oxygen atoms in total. The van der Waals surface area contributed by atoms with Crippen molar-refractivity contribution >= 4 is 22.5 Å². The van der Waals surface area contributed by atoms with Gasteiger partial charge in [-0.3, -0.25) is 4.79 Å². The number of amides is 1. The number of halogens is 3. The van der Waals surface area contributed by atoms with E-state index in [2.05, 4.69) is 26.8 Å². The van der Waals surface area contributed by atoms with E-state index in [-0.39, 0.29) is 18.7 Å². The van der Waals surface area contributed by atoms with Crippen LogP contribution in [0.4, 0.5) is 18.9 Å². The minimum absolute atomic E-state index is 0.215. The van der Waals surface area contributed by atoms with Gasteiger partial charge in [0.25, 0.3) is 5.91 Å². The lowest BCUT2D eigenvalue weighted by Crippen LogP contribution is -2.44. The molecule has 3 aromatic rings. The van der Waals surface area contributed by atoms with Gasteiger partial charge in [0.05, 0.1) is 30.4 Å². The number of alkyl halides is 1. The van der Waals surface area contributed by atoms with Gasteiger partial charge in [0.1, 0.15) is 12.5 Å². The fourth-order valence-corrected chi connectivity index (χ4v) is 5.08. The van der Waals surface area contributed by atoms with E-state index >= 15 is 4.39 Å². The van der Waals surface area contributed by atoms with Crippen molar-refractivity contribution in [3.8, 4) is 5.75 Å². The summed E-state index contributed by atoms with van der Waals surface area (Å²) in [5, 5.41) is 0.789. The van der Waals surface area contributed by atoms with Crippen molar-refractivity contribution in [3.05, 3.63) is 59.6 Å². The zero-order valence-corrected chi connectivity index (χ0v) is 20.3. The monoisotopic (exact) mass is 499 g/mol. The van der Waals surface area contributed by atoms with Crippen LogP contribution in [0.5, 0.6) is 5.75 Å². The minimum atomic E-state index is -1.40. The summed E-state index contributed by atoms with van der Waals surface area (Å²) < 4.78 is 48.5. The lowest BCUT2D eigenvalue weighted by molar-refractivity contribution is 0.0591. The van der Waals surface area contributed by atoms with Crippen LogP contribution >= 0.6 is 0 Å². The van der Waals surface area contributed by atoms with Gasteiger partial charge in [0.2, 0.25) is 0 Å². The maximum atomic E-state index is 15.5. The lowest BCUT2D eigenvalue weighted by Gasteiger charge is -2.35. The Hall–Kier alpha value is -3.40. The summed E-state index contributed by atoms with van der Waals surface area (Å²) in [6.07, 6.45) is 0.373. The Kier molecular flexibility index (Phi) is 6.70. The molecule has 1 aromatic heterocycles. The number of piperidine rings is 1. The second-order valence-corrected chi connectivity index (χ2v) is 9.36. The molecule has 2 aromatic carbocycles. The molecule has 0 N–H and O–H groups in total. The molecule has 190 valence electrons. The van der Waals surface area contributed by atoms with E-state index < -0.39 is 35.4 Å². The highest BCUT2D eigenvalue weighted by molar-refractivity contribution is 5.95. The van der Waals surface area contributed by atoms with Crippen molar-refractivity contribution in [1.82, 2.24) is 19.8 Å². The Bertz CT molecular complexity index is 1280. The first-order valence-corrected chi connectivity index (χ1v) is 12.0. The Labute approximate surface area is 207 Å². The average Bonchev–Trinajstić information content (AvgIpc) is 2.88. The van der Waals surface area contributed by atoms with Crippen molar-refractivity contribution in [2.75, 3.05) is 58.3 Å². The molecule has 5 rings (SSSR count). The molecule has 0 radical (unpaired) electrons. The molecule has 0 saturated carbocycles. The number of aromatic nitrogens is 2. The Morgan fingerprint density at radius 1 is 1.06 bits per heavy atom. The van der Waals surface area contributed by atoms with Gasteiger partial charge >= 0.3 is 0 Å². The number of fused-ring (bicyclic) bond motifs is 1. The second kappa shape index (κ2) is 9.93. The summed E-state index contributed by atoms with van der Waals surface area (Å²) in [4.78, 5) is 27.6. The van der Waals surface area contributed by atoms with E-state index in [0.717, 1.165) is 62.0 Å². The number of likely N-dealkylation sites (N-methyl/N-ethyl adjacent to an activating group) is 1. The number of carbonyl (C=O) groups excluding carboxylic acids is 1. The minimum Gasteiger partial charge on any atom is -0.491 e. The van der Waals surface area contributed by atoms with Gasteiger partial charge in [-0.1, -0.05) is 0 Å². The SMILES string of the molecule is COc1c(F)ccc(C(=O)N2CCC(c3ncnc4cc(N5CCN(C)CC5)ccc34)C(F)C2)c1F. The summed E-state index contributed by atoms with van der Waals surface area (Å²) in [7, 11) is 3.23. The van der Waals surface area contributed by atoms with Crippen molar-refractivity contribution in [3.63, 3.8) is 0 Å². The molecule has 2 saturated heterocycles. The van der Waals surface area contributed by atoms with E-state index in [1.807, 2.05) is 18.2 Å². The lowest BCUT2D eigenvalue weighted by atomic mass is 9.89. The van der Waals surface area contributed by atoms with E-state index in [1.165, 1.54) is 11.2 Å².